The van der Waals surface area contributed by atoms with Gasteiger partial charge in [0.1, 0.15) is 11.6 Å². The van der Waals surface area contributed by atoms with E-state index in [4.69, 9.17) is 26.3 Å². The lowest BCUT2D eigenvalue weighted by Gasteiger charge is -2.17. The highest BCUT2D eigenvalue weighted by atomic mass is 35.5. The van der Waals surface area contributed by atoms with Crippen molar-refractivity contribution >= 4 is 34.9 Å². The second-order valence-electron chi connectivity index (χ2n) is 9.97. The summed E-state index contributed by atoms with van der Waals surface area (Å²) in [6.07, 6.45) is 2.67. The molecule has 42 heavy (non-hydrogen) atoms. The maximum Gasteiger partial charge on any atom is 0.253 e. The topological polar surface area (TPSA) is 91.7 Å². The van der Waals surface area contributed by atoms with Crippen molar-refractivity contribution in [2.45, 2.75) is 26.4 Å². The zero-order chi connectivity index (χ0) is 28.5. The average Bonchev–Trinajstić information content (AvgIpc) is 3.42. The number of halogens is 2. The molecule has 1 fully saturated rings. The predicted octanol–water partition coefficient (Wildman–Crippen LogP) is 6.11. The second-order valence-corrected chi connectivity index (χ2v) is 10.4. The Labute approximate surface area is 249 Å². The third-order valence-electron chi connectivity index (χ3n) is 7.47. The molecule has 4 aromatic rings. The Morgan fingerprint density at radius 3 is 2.67 bits per heavy atom. The molecule has 1 atom stereocenters. The lowest BCUT2D eigenvalue weighted by atomic mass is 9.94. The number of benzene rings is 3. The number of nitrogens with one attached hydrogen (secondary N) is 2. The monoisotopic (exact) mass is 586 g/mol. The van der Waals surface area contributed by atoms with Crippen LogP contribution in [0.2, 0.25) is 5.02 Å². The molecule has 1 aromatic heterocycles. The van der Waals surface area contributed by atoms with Crippen molar-refractivity contribution in [2.75, 3.05) is 32.6 Å². The molecule has 1 unspecified atom stereocenters. The Morgan fingerprint density at radius 1 is 1.12 bits per heavy atom. The average molecular weight is 587 g/mol. The van der Waals surface area contributed by atoms with Crippen LogP contribution in [0.5, 0.6) is 5.75 Å². The summed E-state index contributed by atoms with van der Waals surface area (Å²) in [6, 6.07) is 17.7. The summed E-state index contributed by atoms with van der Waals surface area (Å²) in [6.45, 7) is 1.70. The summed E-state index contributed by atoms with van der Waals surface area (Å²) in [5.41, 5.74) is 4.94. The van der Waals surface area contributed by atoms with Gasteiger partial charge in [0, 0.05) is 58.3 Å². The second kappa shape index (κ2) is 12.3. The van der Waals surface area contributed by atoms with Gasteiger partial charge in [-0.05, 0) is 62.0 Å². The van der Waals surface area contributed by atoms with Crippen LogP contribution in [-0.4, -0.2) is 59.8 Å². The number of methoxy groups -OCH3 is 1. The molecule has 2 N–H and O–H groups in total. The minimum Gasteiger partial charge on any atom is -0.496 e. The Bertz CT molecular complexity index is 1660. The van der Waals surface area contributed by atoms with Gasteiger partial charge in [0.25, 0.3) is 5.91 Å². The number of fused-ring (bicyclic) bond motifs is 3. The van der Waals surface area contributed by atoms with Crippen LogP contribution in [0, 0.1) is 5.82 Å². The number of likely N-dealkylation sites (N-methyl/N-ethyl adjacent to an activating group) is 1. The summed E-state index contributed by atoms with van der Waals surface area (Å²) in [5.74, 6) is 0.338. The van der Waals surface area contributed by atoms with Gasteiger partial charge >= 0.3 is 0 Å². The first kappa shape index (κ1) is 29.2. The van der Waals surface area contributed by atoms with E-state index >= 15 is 4.39 Å². The number of likely N-dealkylation sites (tertiary alicyclic amines) is 1. The van der Waals surface area contributed by atoms with Gasteiger partial charge in [0.2, 0.25) is 5.95 Å². The van der Waals surface area contributed by atoms with Crippen LogP contribution < -0.4 is 15.4 Å². The van der Waals surface area contributed by atoms with Gasteiger partial charge in [-0.1, -0.05) is 31.2 Å². The smallest absolute Gasteiger partial charge is 0.253 e. The minimum absolute atomic E-state index is 0. The number of carbonyl (C=O) groups excluding carboxylic acids is 1. The van der Waals surface area contributed by atoms with Crippen LogP contribution in [-0.2, 0) is 6.54 Å². The quantitative estimate of drug-likeness (QED) is 0.283. The molecule has 0 bridgehead atoms. The van der Waals surface area contributed by atoms with Gasteiger partial charge < -0.3 is 20.3 Å². The van der Waals surface area contributed by atoms with Gasteiger partial charge in [-0.2, -0.15) is 0 Å². The van der Waals surface area contributed by atoms with Crippen LogP contribution in [0.4, 0.5) is 16.0 Å². The van der Waals surface area contributed by atoms with Crippen LogP contribution in [0.15, 0.2) is 71.9 Å². The molecule has 3 heterocycles. The molecular formula is C32H32ClFN6O2. The number of hydrogen-bond acceptors (Lipinski definition) is 7. The first-order valence-electron chi connectivity index (χ1n) is 13.3. The maximum absolute atomic E-state index is 15.1. The first-order chi connectivity index (χ1) is 19.9. The number of hydrogen-bond donors (Lipinski definition) is 2. The SMILES string of the molecule is C.CNC1CCN(C(=O)c2ccc(Nc3ncc4c(n3)-c3ccc(Cl)cc3C(c3c(F)cccc3OC)=NC4)cc2)C1. The zero-order valence-corrected chi connectivity index (χ0v) is 23.4. The third-order valence-corrected chi connectivity index (χ3v) is 7.70. The lowest BCUT2D eigenvalue weighted by Crippen LogP contribution is -2.33. The molecule has 1 saturated heterocycles. The summed E-state index contributed by atoms with van der Waals surface area (Å²) >= 11 is 6.40. The zero-order valence-electron chi connectivity index (χ0n) is 22.6. The largest absolute Gasteiger partial charge is 0.496 e. The standard InChI is InChI=1S/C31H28ClFN6O2.CH4/c1-34-22-12-13-39(17-22)30(40)18-6-9-21(10-7-18)37-31-36-16-19-15-35-29(27-25(33)4-3-5-26(27)41-2)24-14-20(32)8-11-23(24)28(19)38-31;/h3-11,14,16,22,34H,12-13,15,17H2,1-2H3,(H,36,37,38);1H4. The van der Waals surface area contributed by atoms with Gasteiger partial charge in [-0.15, -0.1) is 0 Å². The first-order valence-corrected chi connectivity index (χ1v) is 13.7. The Morgan fingerprint density at radius 2 is 1.93 bits per heavy atom. The maximum atomic E-state index is 15.1. The third kappa shape index (κ3) is 5.57. The van der Waals surface area contributed by atoms with Crippen LogP contribution in [0.3, 0.4) is 0 Å². The van der Waals surface area contributed by atoms with E-state index in [0.29, 0.717) is 51.8 Å². The van der Waals surface area contributed by atoms with E-state index in [1.165, 1.54) is 13.2 Å². The van der Waals surface area contributed by atoms with Gasteiger partial charge in [-0.3, -0.25) is 9.79 Å². The van der Waals surface area contributed by atoms with Crippen LogP contribution in [0.1, 0.15) is 40.9 Å². The fourth-order valence-electron chi connectivity index (χ4n) is 5.29. The normalized spacial score (nSPS) is 15.6. The molecular weight excluding hydrogens is 555 g/mol. The number of carbonyl (C=O) groups is 1. The Kier molecular flexibility index (Phi) is 8.51. The van der Waals surface area contributed by atoms with E-state index in [2.05, 4.69) is 15.6 Å². The van der Waals surface area contributed by atoms with Crippen molar-refractivity contribution in [3.8, 4) is 17.0 Å². The van der Waals surface area contributed by atoms with Crippen molar-refractivity contribution in [2.24, 2.45) is 4.99 Å². The number of aromatic nitrogens is 2. The highest BCUT2D eigenvalue weighted by molar-refractivity contribution is 6.31. The highest BCUT2D eigenvalue weighted by Gasteiger charge is 2.27. The van der Waals surface area contributed by atoms with Crippen molar-refractivity contribution in [3.63, 3.8) is 0 Å². The number of amides is 1. The summed E-state index contributed by atoms with van der Waals surface area (Å²) < 4.78 is 20.6. The molecule has 0 saturated carbocycles. The number of nitrogens with zero attached hydrogens (tertiary/aromatic N) is 4. The molecule has 216 valence electrons. The van der Waals surface area contributed by atoms with E-state index in [-0.39, 0.29) is 25.4 Å². The van der Waals surface area contributed by atoms with Gasteiger partial charge in [-0.25, -0.2) is 14.4 Å². The predicted molar refractivity (Wildman–Crippen MR) is 165 cm³/mol. The van der Waals surface area contributed by atoms with Crippen molar-refractivity contribution < 1.29 is 13.9 Å². The Hall–Kier alpha value is -4.34. The van der Waals surface area contributed by atoms with Crippen molar-refractivity contribution in [1.82, 2.24) is 20.2 Å². The molecule has 3 aromatic carbocycles. The number of ether oxygens (including phenoxy) is 1. The number of aliphatic imine (C=N–C) groups is 1. The molecule has 0 radical (unpaired) electrons. The van der Waals surface area contributed by atoms with Gasteiger partial charge in [0.15, 0.2) is 0 Å². The molecule has 2 aliphatic heterocycles. The number of anilines is 2. The van der Waals surface area contributed by atoms with E-state index < -0.39 is 5.82 Å². The lowest BCUT2D eigenvalue weighted by molar-refractivity contribution is 0.0789. The van der Waals surface area contributed by atoms with Gasteiger partial charge in [0.05, 0.1) is 30.6 Å². The molecule has 0 aliphatic carbocycles. The fourth-order valence-corrected chi connectivity index (χ4v) is 5.46. The van der Waals surface area contributed by atoms with Crippen molar-refractivity contribution in [3.05, 3.63) is 100.0 Å². The number of rotatable bonds is 6. The van der Waals surface area contributed by atoms with Crippen LogP contribution >= 0.6 is 11.6 Å². The van der Waals surface area contributed by atoms with E-state index in [9.17, 15) is 4.79 Å². The van der Waals surface area contributed by atoms with E-state index in [1.807, 2.05) is 30.1 Å². The molecule has 8 nitrogen and oxygen atoms in total. The molecule has 6 rings (SSSR count). The molecule has 2 aliphatic rings. The van der Waals surface area contributed by atoms with E-state index in [0.717, 1.165) is 29.8 Å². The molecule has 1 amide bonds. The minimum atomic E-state index is -0.443. The summed E-state index contributed by atoms with van der Waals surface area (Å²) in [7, 11) is 3.42. The fraction of sp³-hybridized carbons (Fsp3) is 0.250. The molecule has 10 heteroatoms. The molecule has 0 spiro atoms. The summed E-state index contributed by atoms with van der Waals surface area (Å²) in [5, 5.41) is 6.97. The van der Waals surface area contributed by atoms with Crippen molar-refractivity contribution in [1.29, 1.82) is 0 Å². The Balaban J connectivity index is 0.00000353. The van der Waals surface area contributed by atoms with Crippen LogP contribution in [0.25, 0.3) is 11.3 Å². The van der Waals surface area contributed by atoms with E-state index in [1.54, 1.807) is 42.6 Å². The summed E-state index contributed by atoms with van der Waals surface area (Å²) in [4.78, 5) is 28.9. The highest BCUT2D eigenvalue weighted by Crippen LogP contribution is 2.36.